The monoisotopic (exact) mass is 468 g/mol. The van der Waals surface area contributed by atoms with E-state index in [4.69, 9.17) is 4.74 Å². The number of esters is 1. The summed E-state index contributed by atoms with van der Waals surface area (Å²) in [5, 5.41) is 5.76. The van der Waals surface area contributed by atoms with Gasteiger partial charge in [-0.15, -0.1) is 11.8 Å². The van der Waals surface area contributed by atoms with Gasteiger partial charge in [-0.05, 0) is 36.9 Å². The first-order valence-electron chi connectivity index (χ1n) is 10.9. The Hall–Kier alpha value is -3.11. The molecule has 2 aliphatic rings. The largest absolute Gasteiger partial charge is 0.463 e. The van der Waals surface area contributed by atoms with Crippen molar-refractivity contribution in [2.75, 3.05) is 50.5 Å². The Labute approximate surface area is 197 Å². The highest BCUT2D eigenvalue weighted by atomic mass is 32.2. The topological polar surface area (TPSA) is 99.7 Å². The van der Waals surface area contributed by atoms with Crippen LogP contribution >= 0.6 is 11.8 Å². The summed E-state index contributed by atoms with van der Waals surface area (Å²) >= 11 is 1.64. The van der Waals surface area contributed by atoms with Crippen LogP contribution < -0.4 is 15.5 Å². The van der Waals surface area contributed by atoms with Gasteiger partial charge in [-0.25, -0.2) is 19.6 Å². The number of amides is 2. The molecule has 2 aromatic rings. The molecule has 0 saturated carbocycles. The van der Waals surface area contributed by atoms with E-state index in [0.717, 1.165) is 36.6 Å². The van der Waals surface area contributed by atoms with Gasteiger partial charge in [0.25, 0.3) is 0 Å². The number of carbonyl (C=O) groups excluding carboxylic acids is 2. The molecule has 4 rings (SSSR count). The Morgan fingerprint density at radius 1 is 1.15 bits per heavy atom. The molecule has 2 amide bonds. The number of hydrogen-bond acceptors (Lipinski definition) is 8. The predicted octanol–water partition coefficient (Wildman–Crippen LogP) is 2.19. The zero-order valence-corrected chi connectivity index (χ0v) is 19.6. The van der Waals surface area contributed by atoms with Gasteiger partial charge in [0.1, 0.15) is 0 Å². The lowest BCUT2D eigenvalue weighted by atomic mass is 9.95. The highest BCUT2D eigenvalue weighted by Gasteiger charge is 2.34. The molecule has 174 valence electrons. The predicted molar refractivity (Wildman–Crippen MR) is 127 cm³/mol. The number of anilines is 1. The van der Waals surface area contributed by atoms with E-state index in [0.29, 0.717) is 23.8 Å². The Morgan fingerprint density at radius 3 is 2.48 bits per heavy atom. The molecule has 1 fully saturated rings. The van der Waals surface area contributed by atoms with Crippen molar-refractivity contribution in [3.8, 4) is 0 Å². The fraction of sp³-hybridized carbons (Fsp3) is 0.391. The molecule has 2 aliphatic heterocycles. The second-order valence-corrected chi connectivity index (χ2v) is 8.61. The third kappa shape index (κ3) is 5.45. The van der Waals surface area contributed by atoms with Gasteiger partial charge >= 0.3 is 12.0 Å². The van der Waals surface area contributed by atoms with Crippen LogP contribution in [-0.4, -0.2) is 72.5 Å². The van der Waals surface area contributed by atoms with Crippen LogP contribution in [0.1, 0.15) is 18.5 Å². The van der Waals surface area contributed by atoms with Crippen LogP contribution in [-0.2, 0) is 9.53 Å². The van der Waals surface area contributed by atoms with Gasteiger partial charge in [0.15, 0.2) is 0 Å². The summed E-state index contributed by atoms with van der Waals surface area (Å²) in [6, 6.07) is 8.77. The van der Waals surface area contributed by atoms with Crippen LogP contribution in [0, 0.1) is 0 Å². The molecule has 0 radical (unpaired) electrons. The van der Waals surface area contributed by atoms with Crippen LogP contribution in [0.25, 0.3) is 0 Å². The molecular weight excluding hydrogens is 440 g/mol. The first-order chi connectivity index (χ1) is 16.1. The fourth-order valence-electron chi connectivity index (χ4n) is 4.02. The lowest BCUT2D eigenvalue weighted by Crippen LogP contribution is -2.52. The number of rotatable bonds is 7. The summed E-state index contributed by atoms with van der Waals surface area (Å²) in [5.41, 5.74) is 1.87. The van der Waals surface area contributed by atoms with E-state index < -0.39 is 12.0 Å². The number of benzene rings is 1. The number of hydrogen-bond donors (Lipinski definition) is 2. The molecular formula is C23H28N6O3S. The van der Waals surface area contributed by atoms with Gasteiger partial charge in [0.2, 0.25) is 5.95 Å². The normalized spacial score (nSPS) is 19.2. The van der Waals surface area contributed by atoms with Gasteiger partial charge in [-0.3, -0.25) is 4.90 Å². The van der Waals surface area contributed by atoms with Crippen molar-refractivity contribution < 1.29 is 14.3 Å². The first-order valence-corrected chi connectivity index (χ1v) is 12.2. The minimum absolute atomic E-state index is 0.261. The lowest BCUT2D eigenvalue weighted by molar-refractivity contribution is -0.139. The van der Waals surface area contributed by atoms with Crippen molar-refractivity contribution in [3.63, 3.8) is 0 Å². The summed E-state index contributed by atoms with van der Waals surface area (Å²) in [4.78, 5) is 39.6. The Balaban J connectivity index is 1.56. The summed E-state index contributed by atoms with van der Waals surface area (Å²) in [6.45, 7) is 5.53. The smallest absolute Gasteiger partial charge is 0.338 e. The minimum atomic E-state index is -0.567. The summed E-state index contributed by atoms with van der Waals surface area (Å²) < 4.78 is 5.37. The van der Waals surface area contributed by atoms with E-state index in [1.165, 1.54) is 0 Å². The standard InChI is InChI=1S/C23H28N6O3S/c1-3-32-21(30)19-18(15-28-11-13-29(14-12-28)22-24-9-4-10-25-22)26-23(31)27-20(19)16-5-7-17(33-2)8-6-16/h4-10,20H,3,11-15H2,1-2H3,(H2,26,27,31)/t20-/m0/s1. The van der Waals surface area contributed by atoms with Crippen molar-refractivity contribution >= 4 is 29.7 Å². The highest BCUT2D eigenvalue weighted by molar-refractivity contribution is 7.98. The zero-order valence-electron chi connectivity index (χ0n) is 18.8. The first kappa shape index (κ1) is 23.1. The Kier molecular flexibility index (Phi) is 7.46. The van der Waals surface area contributed by atoms with Crippen LogP contribution in [0.4, 0.5) is 10.7 Å². The molecule has 0 spiro atoms. The van der Waals surface area contributed by atoms with Crippen LogP contribution in [0.3, 0.4) is 0 Å². The second-order valence-electron chi connectivity index (χ2n) is 7.73. The van der Waals surface area contributed by atoms with Crippen LogP contribution in [0.5, 0.6) is 0 Å². The number of thioether (sulfide) groups is 1. The van der Waals surface area contributed by atoms with E-state index in [1.54, 1.807) is 37.1 Å². The molecule has 33 heavy (non-hydrogen) atoms. The number of nitrogens with one attached hydrogen (secondary N) is 2. The third-order valence-corrected chi connectivity index (χ3v) is 6.43. The molecule has 1 aromatic heterocycles. The van der Waals surface area contributed by atoms with Crippen molar-refractivity contribution in [3.05, 3.63) is 59.6 Å². The van der Waals surface area contributed by atoms with E-state index in [1.807, 2.05) is 30.5 Å². The van der Waals surface area contributed by atoms with Crippen molar-refractivity contribution in [2.45, 2.75) is 17.9 Å². The van der Waals surface area contributed by atoms with E-state index >= 15 is 0 Å². The van der Waals surface area contributed by atoms with Gasteiger partial charge in [0.05, 0.1) is 18.2 Å². The number of ether oxygens (including phenoxy) is 1. The number of urea groups is 1. The van der Waals surface area contributed by atoms with Gasteiger partial charge in [-0.2, -0.15) is 0 Å². The van der Waals surface area contributed by atoms with Gasteiger partial charge in [-0.1, -0.05) is 12.1 Å². The molecule has 3 heterocycles. The molecule has 0 bridgehead atoms. The quantitative estimate of drug-likeness (QED) is 0.471. The Morgan fingerprint density at radius 2 is 1.85 bits per heavy atom. The number of nitrogens with zero attached hydrogens (tertiary/aromatic N) is 4. The fourth-order valence-corrected chi connectivity index (χ4v) is 4.43. The minimum Gasteiger partial charge on any atom is -0.463 e. The average Bonchev–Trinajstić information content (AvgIpc) is 2.85. The van der Waals surface area contributed by atoms with Crippen LogP contribution in [0.15, 0.2) is 58.9 Å². The summed E-state index contributed by atoms with van der Waals surface area (Å²) in [5.74, 6) is 0.294. The second kappa shape index (κ2) is 10.7. The molecule has 2 N–H and O–H groups in total. The maximum atomic E-state index is 13.0. The number of carbonyl (C=O) groups is 2. The summed E-state index contributed by atoms with van der Waals surface area (Å²) in [7, 11) is 0. The van der Waals surface area contributed by atoms with Gasteiger partial charge in [0, 0.05) is 55.7 Å². The van der Waals surface area contributed by atoms with Crippen molar-refractivity contribution in [2.24, 2.45) is 0 Å². The van der Waals surface area contributed by atoms with Crippen molar-refractivity contribution in [1.29, 1.82) is 0 Å². The zero-order chi connectivity index (χ0) is 23.2. The van der Waals surface area contributed by atoms with Gasteiger partial charge < -0.3 is 20.3 Å². The number of piperazine rings is 1. The SMILES string of the molecule is CCOC(=O)C1=C(CN2CCN(c3ncccn3)CC2)NC(=O)N[C@H]1c1ccc(SC)cc1. The lowest BCUT2D eigenvalue weighted by Gasteiger charge is -2.37. The number of aromatic nitrogens is 2. The maximum Gasteiger partial charge on any atom is 0.338 e. The molecule has 1 atom stereocenters. The van der Waals surface area contributed by atoms with Crippen LogP contribution in [0.2, 0.25) is 0 Å². The third-order valence-electron chi connectivity index (χ3n) is 5.69. The van der Waals surface area contributed by atoms with E-state index in [2.05, 4.69) is 30.4 Å². The molecule has 1 saturated heterocycles. The maximum absolute atomic E-state index is 13.0. The summed E-state index contributed by atoms with van der Waals surface area (Å²) in [6.07, 6.45) is 5.48. The molecule has 10 heteroatoms. The highest BCUT2D eigenvalue weighted by Crippen LogP contribution is 2.29. The molecule has 1 aromatic carbocycles. The van der Waals surface area contributed by atoms with Crippen molar-refractivity contribution in [1.82, 2.24) is 25.5 Å². The molecule has 0 aliphatic carbocycles. The average molecular weight is 469 g/mol. The molecule has 0 unspecified atom stereocenters. The Bertz CT molecular complexity index is 1010. The molecule has 9 nitrogen and oxygen atoms in total. The van der Waals surface area contributed by atoms with E-state index in [-0.39, 0.29) is 12.6 Å². The van der Waals surface area contributed by atoms with E-state index in [9.17, 15) is 9.59 Å².